The van der Waals surface area contributed by atoms with E-state index in [1.807, 2.05) is 24.3 Å². The maximum absolute atomic E-state index is 5.81. The molecule has 2 N–H and O–H groups in total. The Morgan fingerprint density at radius 3 is 2.29 bits per heavy atom. The first kappa shape index (κ1) is 17.3. The summed E-state index contributed by atoms with van der Waals surface area (Å²) in [4.78, 5) is 2.27. The van der Waals surface area contributed by atoms with E-state index in [-0.39, 0.29) is 12.4 Å². The molecule has 0 bridgehead atoms. The lowest BCUT2D eigenvalue weighted by Gasteiger charge is -2.18. The molecule has 0 fully saturated rings. The molecule has 4 heteroatoms. The first-order chi connectivity index (χ1) is 9.58. The van der Waals surface area contributed by atoms with Crippen LogP contribution in [0, 0.1) is 6.92 Å². The molecule has 2 aromatic carbocycles. The van der Waals surface area contributed by atoms with Crippen molar-refractivity contribution < 1.29 is 4.74 Å². The second kappa shape index (κ2) is 7.91. The highest BCUT2D eigenvalue weighted by Gasteiger charge is 2.04. The molecule has 21 heavy (non-hydrogen) atoms. The molecule has 2 aromatic rings. The number of anilines is 1. The Morgan fingerprint density at radius 1 is 1.05 bits per heavy atom. The molecule has 114 valence electrons. The van der Waals surface area contributed by atoms with Crippen LogP contribution in [0.1, 0.15) is 16.7 Å². The van der Waals surface area contributed by atoms with E-state index >= 15 is 0 Å². The van der Waals surface area contributed by atoms with Crippen LogP contribution in [0.2, 0.25) is 0 Å². The molecule has 0 radical (unpaired) electrons. The predicted octanol–water partition coefficient (Wildman–Crippen LogP) is 3.64. The molecule has 3 nitrogen and oxygen atoms in total. The Balaban J connectivity index is 0.00000220. The third-order valence-electron chi connectivity index (χ3n) is 3.32. The van der Waals surface area contributed by atoms with Crippen molar-refractivity contribution in [1.29, 1.82) is 0 Å². The lowest BCUT2D eigenvalue weighted by atomic mass is 10.1. The highest BCUT2D eigenvalue weighted by atomic mass is 35.5. The SMILES string of the molecule is COc1ccc(CN(C)Cc2cccc(N)c2)cc1C.Cl. The fraction of sp³-hybridized carbons (Fsp3) is 0.294. The number of hydrogen-bond donors (Lipinski definition) is 1. The molecular weight excluding hydrogens is 284 g/mol. The van der Waals surface area contributed by atoms with E-state index in [0.29, 0.717) is 0 Å². The van der Waals surface area contributed by atoms with Crippen molar-refractivity contribution >= 4 is 18.1 Å². The summed E-state index contributed by atoms with van der Waals surface area (Å²) < 4.78 is 5.29. The minimum Gasteiger partial charge on any atom is -0.496 e. The number of ether oxygens (including phenoxy) is 1. The number of hydrogen-bond acceptors (Lipinski definition) is 3. The van der Waals surface area contributed by atoms with Gasteiger partial charge in [-0.05, 0) is 48.9 Å². The minimum absolute atomic E-state index is 0. The summed E-state index contributed by atoms with van der Waals surface area (Å²) >= 11 is 0. The van der Waals surface area contributed by atoms with Gasteiger partial charge in [0, 0.05) is 18.8 Å². The van der Waals surface area contributed by atoms with Crippen LogP contribution in [-0.2, 0) is 13.1 Å². The van der Waals surface area contributed by atoms with Crippen LogP contribution in [0.15, 0.2) is 42.5 Å². The molecule has 0 unspecified atom stereocenters. The maximum atomic E-state index is 5.81. The average molecular weight is 307 g/mol. The van der Waals surface area contributed by atoms with Gasteiger partial charge in [-0.2, -0.15) is 0 Å². The minimum atomic E-state index is 0. The second-order valence-electron chi connectivity index (χ2n) is 5.22. The topological polar surface area (TPSA) is 38.5 Å². The fourth-order valence-electron chi connectivity index (χ4n) is 2.41. The lowest BCUT2D eigenvalue weighted by Crippen LogP contribution is -2.17. The summed E-state index contributed by atoms with van der Waals surface area (Å²) in [5.41, 5.74) is 10.3. The van der Waals surface area contributed by atoms with Crippen molar-refractivity contribution in [2.24, 2.45) is 0 Å². The van der Waals surface area contributed by atoms with E-state index < -0.39 is 0 Å². The molecule has 0 aromatic heterocycles. The van der Waals surface area contributed by atoms with Crippen molar-refractivity contribution in [2.75, 3.05) is 19.9 Å². The summed E-state index contributed by atoms with van der Waals surface area (Å²) in [7, 11) is 3.82. The van der Waals surface area contributed by atoms with E-state index in [2.05, 4.69) is 37.1 Å². The van der Waals surface area contributed by atoms with E-state index in [1.54, 1.807) is 7.11 Å². The largest absolute Gasteiger partial charge is 0.496 e. The smallest absolute Gasteiger partial charge is 0.121 e. The summed E-state index contributed by atoms with van der Waals surface area (Å²) in [6.07, 6.45) is 0. The van der Waals surface area contributed by atoms with Crippen LogP contribution in [0.25, 0.3) is 0 Å². The first-order valence-corrected chi connectivity index (χ1v) is 6.75. The number of benzene rings is 2. The molecule has 0 aliphatic rings. The number of nitrogen functional groups attached to an aromatic ring is 1. The molecule has 0 aliphatic carbocycles. The zero-order valence-electron chi connectivity index (χ0n) is 12.8. The Morgan fingerprint density at radius 2 is 1.71 bits per heavy atom. The van der Waals surface area contributed by atoms with Gasteiger partial charge in [-0.3, -0.25) is 4.90 Å². The standard InChI is InChI=1S/C17H22N2O.ClH/c1-13-9-15(7-8-17(13)20-3)12-19(2)11-14-5-4-6-16(18)10-14;/h4-10H,11-12,18H2,1-3H3;1H. The van der Waals surface area contributed by atoms with E-state index in [0.717, 1.165) is 24.5 Å². The van der Waals surface area contributed by atoms with Crippen LogP contribution in [0.3, 0.4) is 0 Å². The molecule has 0 spiro atoms. The lowest BCUT2D eigenvalue weighted by molar-refractivity contribution is 0.319. The van der Waals surface area contributed by atoms with Gasteiger partial charge < -0.3 is 10.5 Å². The van der Waals surface area contributed by atoms with Crippen molar-refractivity contribution in [2.45, 2.75) is 20.0 Å². The number of halogens is 1. The van der Waals surface area contributed by atoms with Gasteiger partial charge in [0.2, 0.25) is 0 Å². The van der Waals surface area contributed by atoms with Gasteiger partial charge in [0.1, 0.15) is 5.75 Å². The fourth-order valence-corrected chi connectivity index (χ4v) is 2.41. The first-order valence-electron chi connectivity index (χ1n) is 6.75. The molecular formula is C17H23ClN2O. The highest BCUT2D eigenvalue weighted by molar-refractivity contribution is 5.85. The number of aryl methyl sites for hydroxylation is 1. The molecule has 0 aliphatic heterocycles. The maximum Gasteiger partial charge on any atom is 0.121 e. The summed E-state index contributed by atoms with van der Waals surface area (Å²) in [5, 5.41) is 0. The van der Waals surface area contributed by atoms with Gasteiger partial charge in [-0.1, -0.05) is 24.3 Å². The van der Waals surface area contributed by atoms with Gasteiger partial charge in [0.15, 0.2) is 0 Å². The summed E-state index contributed by atoms with van der Waals surface area (Å²) in [6.45, 7) is 3.86. The molecule has 0 amide bonds. The van der Waals surface area contributed by atoms with E-state index in [4.69, 9.17) is 10.5 Å². The Labute approximate surface area is 133 Å². The summed E-state index contributed by atoms with van der Waals surface area (Å²) in [6, 6.07) is 14.4. The summed E-state index contributed by atoms with van der Waals surface area (Å²) in [5.74, 6) is 0.937. The average Bonchev–Trinajstić information content (AvgIpc) is 2.38. The van der Waals surface area contributed by atoms with Crippen LogP contribution in [0.4, 0.5) is 5.69 Å². The Kier molecular flexibility index (Phi) is 6.53. The van der Waals surface area contributed by atoms with Gasteiger partial charge in [0.05, 0.1) is 7.11 Å². The third-order valence-corrected chi connectivity index (χ3v) is 3.32. The Bertz CT molecular complexity index is 587. The van der Waals surface area contributed by atoms with Gasteiger partial charge in [-0.15, -0.1) is 12.4 Å². The van der Waals surface area contributed by atoms with Crippen molar-refractivity contribution in [1.82, 2.24) is 4.90 Å². The Hall–Kier alpha value is -1.71. The number of rotatable bonds is 5. The van der Waals surface area contributed by atoms with E-state index in [9.17, 15) is 0 Å². The van der Waals surface area contributed by atoms with Crippen LogP contribution >= 0.6 is 12.4 Å². The van der Waals surface area contributed by atoms with Gasteiger partial charge in [0.25, 0.3) is 0 Å². The van der Waals surface area contributed by atoms with Crippen molar-refractivity contribution in [3.8, 4) is 5.75 Å². The predicted molar refractivity (Wildman–Crippen MR) is 91.0 cm³/mol. The molecule has 0 saturated heterocycles. The molecule has 0 heterocycles. The van der Waals surface area contributed by atoms with Crippen LogP contribution < -0.4 is 10.5 Å². The van der Waals surface area contributed by atoms with Crippen LogP contribution in [-0.4, -0.2) is 19.1 Å². The number of nitrogens with two attached hydrogens (primary N) is 1. The third kappa shape index (κ3) is 4.96. The number of nitrogens with zero attached hydrogens (tertiary/aromatic N) is 1. The number of methoxy groups -OCH3 is 1. The highest BCUT2D eigenvalue weighted by Crippen LogP contribution is 2.19. The van der Waals surface area contributed by atoms with Crippen LogP contribution in [0.5, 0.6) is 5.75 Å². The van der Waals surface area contributed by atoms with Crippen molar-refractivity contribution in [3.63, 3.8) is 0 Å². The van der Waals surface area contributed by atoms with Gasteiger partial charge in [-0.25, -0.2) is 0 Å². The quantitative estimate of drug-likeness (QED) is 0.857. The normalized spacial score (nSPS) is 10.3. The zero-order valence-corrected chi connectivity index (χ0v) is 13.6. The monoisotopic (exact) mass is 306 g/mol. The second-order valence-corrected chi connectivity index (χ2v) is 5.22. The van der Waals surface area contributed by atoms with Gasteiger partial charge >= 0.3 is 0 Å². The van der Waals surface area contributed by atoms with E-state index in [1.165, 1.54) is 16.7 Å². The van der Waals surface area contributed by atoms with Crippen molar-refractivity contribution in [3.05, 3.63) is 59.2 Å². The molecule has 2 rings (SSSR count). The molecule has 0 saturated carbocycles. The molecule has 0 atom stereocenters. The zero-order chi connectivity index (χ0) is 14.5.